The van der Waals surface area contributed by atoms with Crippen LogP contribution in [0, 0.1) is 5.41 Å². The molecular formula is C16H28N2O3. The van der Waals surface area contributed by atoms with Gasteiger partial charge in [-0.15, -0.1) is 0 Å². The Labute approximate surface area is 127 Å². The number of carboxylic acids is 1. The van der Waals surface area contributed by atoms with Gasteiger partial charge in [-0.2, -0.15) is 0 Å². The number of carbonyl (C=O) groups is 2. The van der Waals surface area contributed by atoms with E-state index in [1.54, 1.807) is 4.90 Å². The van der Waals surface area contributed by atoms with Crippen molar-refractivity contribution in [3.8, 4) is 0 Å². The van der Waals surface area contributed by atoms with Gasteiger partial charge in [0.05, 0.1) is 0 Å². The third kappa shape index (κ3) is 3.01. The van der Waals surface area contributed by atoms with Gasteiger partial charge in [0.25, 0.3) is 0 Å². The molecule has 0 aromatic heterocycles. The molecule has 0 aromatic rings. The highest BCUT2D eigenvalue weighted by Crippen LogP contribution is 2.37. The van der Waals surface area contributed by atoms with E-state index in [2.05, 4.69) is 13.8 Å². The Bertz CT molecular complexity index is 412. The van der Waals surface area contributed by atoms with Crippen molar-refractivity contribution in [3.63, 3.8) is 0 Å². The minimum absolute atomic E-state index is 0.0881. The van der Waals surface area contributed by atoms with Crippen molar-refractivity contribution in [2.24, 2.45) is 5.41 Å². The fourth-order valence-corrected chi connectivity index (χ4v) is 4.01. The number of urea groups is 1. The molecule has 120 valence electrons. The van der Waals surface area contributed by atoms with Crippen LogP contribution in [-0.4, -0.2) is 51.6 Å². The molecule has 2 aliphatic rings. The van der Waals surface area contributed by atoms with Gasteiger partial charge >= 0.3 is 12.0 Å². The first-order valence-corrected chi connectivity index (χ1v) is 8.07. The molecule has 1 N–H and O–H groups in total. The third-order valence-electron chi connectivity index (χ3n) is 5.17. The number of hydrogen-bond donors (Lipinski definition) is 1. The lowest BCUT2D eigenvalue weighted by molar-refractivity contribution is -0.149. The van der Waals surface area contributed by atoms with Crippen LogP contribution < -0.4 is 0 Å². The SMILES string of the molecule is C[C@@H]1CCC[C@H](C)N1C(=O)N1CCCC(C)(C)C1C(=O)O. The second-order valence-electron chi connectivity index (χ2n) is 7.35. The van der Waals surface area contributed by atoms with E-state index in [9.17, 15) is 14.7 Å². The molecule has 0 bridgehead atoms. The average molecular weight is 296 g/mol. The molecule has 5 heteroatoms. The maximum absolute atomic E-state index is 13.0. The second-order valence-corrected chi connectivity index (χ2v) is 7.35. The molecule has 2 fully saturated rings. The average Bonchev–Trinajstić information content (AvgIpc) is 2.36. The maximum atomic E-state index is 13.0. The van der Waals surface area contributed by atoms with Crippen LogP contribution in [-0.2, 0) is 4.79 Å². The zero-order valence-electron chi connectivity index (χ0n) is 13.6. The Morgan fingerprint density at radius 2 is 1.67 bits per heavy atom. The molecule has 0 radical (unpaired) electrons. The summed E-state index contributed by atoms with van der Waals surface area (Å²) in [6, 6.07) is -0.420. The van der Waals surface area contributed by atoms with Gasteiger partial charge in [-0.05, 0) is 51.4 Å². The summed E-state index contributed by atoms with van der Waals surface area (Å²) in [7, 11) is 0. The molecule has 3 atom stereocenters. The molecule has 2 rings (SSSR count). The topological polar surface area (TPSA) is 60.9 Å². The summed E-state index contributed by atoms with van der Waals surface area (Å²) in [5, 5.41) is 9.61. The van der Waals surface area contributed by atoms with Crippen LogP contribution in [0.4, 0.5) is 4.79 Å². The lowest BCUT2D eigenvalue weighted by Crippen LogP contribution is -2.62. The molecule has 0 spiro atoms. The van der Waals surface area contributed by atoms with Gasteiger partial charge in [-0.3, -0.25) is 0 Å². The third-order valence-corrected chi connectivity index (χ3v) is 5.17. The largest absolute Gasteiger partial charge is 0.480 e. The first kappa shape index (κ1) is 16.1. The molecule has 1 unspecified atom stereocenters. The van der Waals surface area contributed by atoms with E-state index in [1.165, 1.54) is 0 Å². The zero-order chi connectivity index (χ0) is 15.8. The molecule has 2 saturated heterocycles. The summed E-state index contributed by atoms with van der Waals surface area (Å²) in [5.41, 5.74) is -0.373. The second kappa shape index (κ2) is 5.85. The van der Waals surface area contributed by atoms with Gasteiger partial charge in [0, 0.05) is 18.6 Å². The minimum atomic E-state index is -0.884. The van der Waals surface area contributed by atoms with Crippen molar-refractivity contribution in [2.75, 3.05) is 6.54 Å². The van der Waals surface area contributed by atoms with Crippen LogP contribution >= 0.6 is 0 Å². The molecule has 2 amide bonds. The summed E-state index contributed by atoms with van der Waals surface area (Å²) >= 11 is 0. The van der Waals surface area contributed by atoms with E-state index in [0.29, 0.717) is 6.54 Å². The van der Waals surface area contributed by atoms with Gasteiger partial charge in [0.1, 0.15) is 6.04 Å². The van der Waals surface area contributed by atoms with Gasteiger partial charge < -0.3 is 14.9 Å². The molecular weight excluding hydrogens is 268 g/mol. The minimum Gasteiger partial charge on any atom is -0.480 e. The van der Waals surface area contributed by atoms with E-state index in [0.717, 1.165) is 32.1 Å². The normalized spacial score (nSPS) is 32.9. The number of amides is 2. The van der Waals surface area contributed by atoms with Crippen LogP contribution in [0.1, 0.15) is 59.8 Å². The van der Waals surface area contributed by atoms with Crippen molar-refractivity contribution in [1.82, 2.24) is 9.80 Å². The van der Waals surface area contributed by atoms with Gasteiger partial charge in [0.15, 0.2) is 0 Å². The molecule has 2 aliphatic heterocycles. The predicted octanol–water partition coefficient (Wildman–Crippen LogP) is 2.94. The molecule has 0 aliphatic carbocycles. The molecule has 2 heterocycles. The van der Waals surface area contributed by atoms with Crippen molar-refractivity contribution in [1.29, 1.82) is 0 Å². The maximum Gasteiger partial charge on any atom is 0.327 e. The van der Waals surface area contributed by atoms with Crippen molar-refractivity contribution in [3.05, 3.63) is 0 Å². The monoisotopic (exact) mass is 296 g/mol. The first-order valence-electron chi connectivity index (χ1n) is 8.07. The lowest BCUT2D eigenvalue weighted by Gasteiger charge is -2.48. The lowest BCUT2D eigenvalue weighted by atomic mass is 9.76. The standard InChI is InChI=1S/C16H28N2O3/c1-11-7-5-8-12(2)18(11)15(21)17-10-6-9-16(3,4)13(17)14(19)20/h11-13H,5-10H2,1-4H3,(H,19,20)/t11-,12+,13?. The Kier molecular flexibility index (Phi) is 4.49. The molecule has 0 saturated carbocycles. The number of hydrogen-bond acceptors (Lipinski definition) is 2. The van der Waals surface area contributed by atoms with Crippen molar-refractivity contribution in [2.45, 2.75) is 77.9 Å². The van der Waals surface area contributed by atoms with E-state index < -0.39 is 12.0 Å². The first-order chi connectivity index (χ1) is 9.75. The smallest absolute Gasteiger partial charge is 0.327 e. The van der Waals surface area contributed by atoms with Gasteiger partial charge in [-0.1, -0.05) is 13.8 Å². The summed E-state index contributed by atoms with van der Waals surface area (Å²) in [4.78, 5) is 28.2. The van der Waals surface area contributed by atoms with Crippen LogP contribution in [0.5, 0.6) is 0 Å². The van der Waals surface area contributed by atoms with Crippen molar-refractivity contribution >= 4 is 12.0 Å². The zero-order valence-corrected chi connectivity index (χ0v) is 13.6. The van der Waals surface area contributed by atoms with E-state index in [1.807, 2.05) is 18.7 Å². The quantitative estimate of drug-likeness (QED) is 0.809. The fraction of sp³-hybridized carbons (Fsp3) is 0.875. The van der Waals surface area contributed by atoms with Crippen molar-refractivity contribution < 1.29 is 14.7 Å². The summed E-state index contributed by atoms with van der Waals surface area (Å²) < 4.78 is 0. The number of piperidine rings is 2. The number of carbonyl (C=O) groups excluding carboxylic acids is 1. The highest BCUT2D eigenvalue weighted by Gasteiger charge is 2.46. The Hall–Kier alpha value is -1.26. The van der Waals surface area contributed by atoms with Gasteiger partial charge in [0.2, 0.25) is 0 Å². The van der Waals surface area contributed by atoms with E-state index >= 15 is 0 Å². The van der Waals surface area contributed by atoms with Crippen LogP contribution in [0.15, 0.2) is 0 Å². The number of carboxylic acid groups (broad SMARTS) is 1. The fourth-order valence-electron chi connectivity index (χ4n) is 4.01. The number of aliphatic carboxylic acids is 1. The van der Waals surface area contributed by atoms with Crippen LogP contribution in [0.2, 0.25) is 0 Å². The van der Waals surface area contributed by atoms with Crippen LogP contribution in [0.25, 0.3) is 0 Å². The molecule has 21 heavy (non-hydrogen) atoms. The highest BCUT2D eigenvalue weighted by atomic mass is 16.4. The molecule has 5 nitrogen and oxygen atoms in total. The molecule has 0 aromatic carbocycles. The number of rotatable bonds is 1. The van der Waals surface area contributed by atoms with E-state index in [4.69, 9.17) is 0 Å². The summed E-state index contributed by atoms with van der Waals surface area (Å²) in [6.45, 7) is 8.59. The number of nitrogens with zero attached hydrogens (tertiary/aromatic N) is 2. The predicted molar refractivity (Wildman–Crippen MR) is 81.2 cm³/mol. The van der Waals surface area contributed by atoms with E-state index in [-0.39, 0.29) is 23.5 Å². The van der Waals surface area contributed by atoms with Crippen LogP contribution in [0.3, 0.4) is 0 Å². The summed E-state index contributed by atoms with van der Waals surface area (Å²) in [6.07, 6.45) is 4.87. The Morgan fingerprint density at radius 1 is 1.10 bits per heavy atom. The Morgan fingerprint density at radius 3 is 2.19 bits per heavy atom. The number of likely N-dealkylation sites (tertiary alicyclic amines) is 2. The highest BCUT2D eigenvalue weighted by molar-refractivity contribution is 5.84. The van der Waals surface area contributed by atoms with Gasteiger partial charge in [-0.25, -0.2) is 9.59 Å². The Balaban J connectivity index is 2.25. The summed E-state index contributed by atoms with van der Waals surface area (Å²) in [5.74, 6) is -0.884.